The molecule has 0 fully saturated rings. The lowest BCUT2D eigenvalue weighted by molar-refractivity contribution is -0.965. The van der Waals surface area contributed by atoms with E-state index in [1.165, 1.54) is 0 Å². The zero-order valence-electron chi connectivity index (χ0n) is 9.18. The highest BCUT2D eigenvalue weighted by atomic mass is 16.7. The summed E-state index contributed by atoms with van der Waals surface area (Å²) in [5.74, 6) is -4.65. The van der Waals surface area contributed by atoms with E-state index in [-0.39, 0.29) is 0 Å². The summed E-state index contributed by atoms with van der Waals surface area (Å²) in [5, 5.41) is 45.1. The van der Waals surface area contributed by atoms with Crippen molar-refractivity contribution in [1.82, 2.24) is 14.9 Å². The first-order chi connectivity index (χ1) is 9.21. The molecule has 1 heterocycles. The van der Waals surface area contributed by atoms with Crippen molar-refractivity contribution in [3.63, 3.8) is 0 Å². The van der Waals surface area contributed by atoms with Gasteiger partial charge in [-0.2, -0.15) is 0 Å². The molecule has 0 atom stereocenters. The van der Waals surface area contributed by atoms with Crippen molar-refractivity contribution in [2.75, 3.05) is 12.0 Å². The van der Waals surface area contributed by atoms with Crippen molar-refractivity contribution in [3.8, 4) is 0 Å². The van der Waals surface area contributed by atoms with Crippen molar-refractivity contribution in [3.05, 3.63) is 46.8 Å². The highest BCUT2D eigenvalue weighted by Crippen LogP contribution is 2.11. The van der Waals surface area contributed by atoms with Crippen LogP contribution in [0.25, 0.3) is 0 Å². The van der Waals surface area contributed by atoms with E-state index in [2.05, 4.69) is 10.1 Å². The largest absolute Gasteiger partial charge is 0.718 e. The van der Waals surface area contributed by atoms with E-state index in [0.717, 1.165) is 0 Å². The van der Waals surface area contributed by atoms with Crippen LogP contribution in [-0.4, -0.2) is 46.9 Å². The van der Waals surface area contributed by atoms with Gasteiger partial charge in [-0.25, -0.2) is 0 Å². The molecule has 1 aromatic heterocycles. The van der Waals surface area contributed by atoms with E-state index in [1.807, 2.05) is 5.43 Å². The minimum atomic E-state index is -3.75. The number of aromatic nitrogens is 3. The number of hydrogen-bond donors (Lipinski definition) is 1. The molecule has 0 radical (unpaired) electrons. The first-order valence-electron chi connectivity index (χ1n) is 4.45. The molecule has 1 rings (SSSR count). The molecule has 1 N–H and O–H groups in total. The molecular weight excluding hydrogens is 288 g/mol. The van der Waals surface area contributed by atoms with E-state index in [0.29, 0.717) is 11.1 Å². The van der Waals surface area contributed by atoms with Crippen LogP contribution in [0.2, 0.25) is 0 Å². The van der Waals surface area contributed by atoms with Gasteiger partial charge in [0.1, 0.15) is 0 Å². The lowest BCUT2D eigenvalue weighted by Gasteiger charge is -2.08. The van der Waals surface area contributed by atoms with Gasteiger partial charge < -0.3 is 10.1 Å². The number of hydrogen-bond acceptors (Lipinski definition) is 11. The van der Waals surface area contributed by atoms with Gasteiger partial charge in [0.05, 0.1) is 5.10 Å². The molecule has 16 heteroatoms. The third-order valence-electron chi connectivity index (χ3n) is 2.00. The zero-order chi connectivity index (χ0) is 15.5. The second kappa shape index (κ2) is 5.04. The van der Waals surface area contributed by atoms with Crippen LogP contribution in [0, 0.1) is 40.5 Å². The van der Waals surface area contributed by atoms with Crippen molar-refractivity contribution in [1.29, 1.82) is 0 Å². The smallest absolute Gasteiger partial charge is 0.390 e. The molecule has 0 saturated heterocycles. The molecule has 1 aromatic rings. The molecule has 0 spiro atoms. The summed E-state index contributed by atoms with van der Waals surface area (Å²) in [4.78, 5) is 39.4. The Hall–Kier alpha value is -3.46. The van der Waals surface area contributed by atoms with Crippen molar-refractivity contribution in [2.24, 2.45) is 0 Å². The van der Waals surface area contributed by atoms with Gasteiger partial charge in [-0.15, -0.1) is 0 Å². The highest BCUT2D eigenvalue weighted by Gasteiger charge is 2.70. The third kappa shape index (κ3) is 2.37. The van der Waals surface area contributed by atoms with Crippen LogP contribution < -0.4 is 5.43 Å². The molecule has 20 heavy (non-hydrogen) atoms. The van der Waals surface area contributed by atoms with Gasteiger partial charge >= 0.3 is 11.7 Å². The van der Waals surface area contributed by atoms with Gasteiger partial charge in [-0.3, -0.25) is 35.8 Å². The Kier molecular flexibility index (Phi) is 3.68. The van der Waals surface area contributed by atoms with Crippen molar-refractivity contribution in [2.45, 2.75) is 5.79 Å². The summed E-state index contributed by atoms with van der Waals surface area (Å²) in [7, 11) is 0. The predicted molar refractivity (Wildman–Crippen MR) is 54.6 cm³/mol. The van der Waals surface area contributed by atoms with E-state index in [9.17, 15) is 40.5 Å². The Morgan fingerprint density at radius 3 is 1.95 bits per heavy atom. The number of nitrogens with one attached hydrogen (secondary N) is 1. The molecule has 0 saturated carbocycles. The fraction of sp³-hybridized carbons (Fsp3) is 0.500. The lowest BCUT2D eigenvalue weighted by atomic mass is 10.4. The number of nitrogens with zero attached hydrogens (tertiary/aromatic N) is 7. The quantitative estimate of drug-likeness (QED) is 0.336. The zero-order valence-corrected chi connectivity index (χ0v) is 9.18. The minimum Gasteiger partial charge on any atom is -0.390 e. The van der Waals surface area contributed by atoms with Gasteiger partial charge in [-0.05, 0) is 9.91 Å². The summed E-state index contributed by atoms with van der Waals surface area (Å²) in [5.41, 5.74) is 1.82. The lowest BCUT2D eigenvalue weighted by Crippen LogP contribution is -2.58. The second-order valence-corrected chi connectivity index (χ2v) is 3.13. The van der Waals surface area contributed by atoms with Crippen LogP contribution in [0.5, 0.6) is 0 Å². The minimum absolute atomic E-state index is 0.420. The standard InChI is InChI=1S/C4H4N8O8/c13-9(14)3-5-2-8(7-3)6-1-4(10(15)16,11(17)18)12(19)20/h2,6H,1H2. The maximum Gasteiger partial charge on any atom is 0.718 e. The Balaban J connectivity index is 2.97. The predicted octanol–water partition coefficient (Wildman–Crippen LogP) is -1.79. The van der Waals surface area contributed by atoms with E-state index >= 15 is 0 Å². The van der Waals surface area contributed by atoms with Crippen LogP contribution in [0.4, 0.5) is 5.95 Å². The highest BCUT2D eigenvalue weighted by molar-refractivity contribution is 4.98. The third-order valence-corrected chi connectivity index (χ3v) is 2.00. The Morgan fingerprint density at radius 1 is 1.10 bits per heavy atom. The number of rotatable bonds is 7. The second-order valence-electron chi connectivity index (χ2n) is 3.13. The van der Waals surface area contributed by atoms with Crippen molar-refractivity contribution >= 4 is 5.95 Å². The van der Waals surface area contributed by atoms with Crippen LogP contribution in [0.3, 0.4) is 0 Å². The summed E-state index contributed by atoms with van der Waals surface area (Å²) >= 11 is 0. The average molecular weight is 292 g/mol. The summed E-state index contributed by atoms with van der Waals surface area (Å²) < 4.78 is 0. The topological polar surface area (TPSA) is 215 Å². The van der Waals surface area contributed by atoms with Crippen molar-refractivity contribution < 1.29 is 19.7 Å². The van der Waals surface area contributed by atoms with Crippen LogP contribution in [-0.2, 0) is 0 Å². The summed E-state index contributed by atoms with van der Waals surface area (Å²) in [6.07, 6.45) is 0.669. The van der Waals surface area contributed by atoms with Gasteiger partial charge in [0.2, 0.25) is 6.33 Å². The van der Waals surface area contributed by atoms with E-state index < -0.39 is 38.0 Å². The molecule has 0 aliphatic carbocycles. The van der Waals surface area contributed by atoms with E-state index in [1.54, 1.807) is 0 Å². The van der Waals surface area contributed by atoms with Gasteiger partial charge in [0.25, 0.3) is 6.54 Å². The maximum absolute atomic E-state index is 10.6. The van der Waals surface area contributed by atoms with Crippen LogP contribution in [0.15, 0.2) is 6.33 Å². The molecule has 0 bridgehead atoms. The Bertz CT molecular complexity index is 543. The van der Waals surface area contributed by atoms with Gasteiger partial charge in [-0.1, -0.05) is 4.79 Å². The SMILES string of the molecule is O=[N+]([O-])c1ncn(NCC([N+](=O)[O-])([N+](=O)[O-])[N+](=O)[O-])n1. The average Bonchev–Trinajstić information content (AvgIpc) is 2.77. The maximum atomic E-state index is 10.6. The van der Waals surface area contributed by atoms with E-state index in [4.69, 9.17) is 0 Å². The molecule has 108 valence electrons. The number of nitro groups is 4. The molecule has 16 nitrogen and oxygen atoms in total. The molecule has 0 aliphatic heterocycles. The first kappa shape index (κ1) is 14.6. The normalized spacial score (nSPS) is 10.8. The Labute approximate surface area is 106 Å². The molecule has 0 unspecified atom stereocenters. The monoisotopic (exact) mass is 292 g/mol. The van der Waals surface area contributed by atoms with Gasteiger partial charge in [0.15, 0.2) is 14.8 Å². The van der Waals surface area contributed by atoms with Crippen LogP contribution >= 0.6 is 0 Å². The first-order valence-corrected chi connectivity index (χ1v) is 4.45. The summed E-state index contributed by atoms with van der Waals surface area (Å²) in [6.45, 7) is -1.40. The Morgan fingerprint density at radius 2 is 1.60 bits per heavy atom. The molecule has 0 aromatic carbocycles. The van der Waals surface area contributed by atoms with Crippen LogP contribution in [0.1, 0.15) is 0 Å². The molecule has 0 amide bonds. The molecular formula is C4H4N8O8. The molecule has 0 aliphatic rings. The van der Waals surface area contributed by atoms with Gasteiger partial charge in [0, 0.05) is 0 Å². The summed E-state index contributed by atoms with van der Waals surface area (Å²) in [6, 6.07) is 0. The fourth-order valence-corrected chi connectivity index (χ4v) is 0.995. The fourth-order valence-electron chi connectivity index (χ4n) is 0.995.